The van der Waals surface area contributed by atoms with E-state index in [2.05, 4.69) is 10.9 Å². The lowest BCUT2D eigenvalue weighted by Crippen LogP contribution is -2.42. The summed E-state index contributed by atoms with van der Waals surface area (Å²) in [5, 5.41) is 8.86. The second kappa shape index (κ2) is 12.7. The highest BCUT2D eigenvalue weighted by atomic mass is 16.5. The van der Waals surface area contributed by atoms with Crippen molar-refractivity contribution in [3.05, 3.63) is 54.1 Å². The van der Waals surface area contributed by atoms with Crippen LogP contribution in [0.4, 0.5) is 5.69 Å². The highest BCUT2D eigenvalue weighted by Gasteiger charge is 2.17. The van der Waals surface area contributed by atoms with Crippen molar-refractivity contribution >= 4 is 23.4 Å². The van der Waals surface area contributed by atoms with Crippen LogP contribution in [0.15, 0.2) is 48.5 Å². The Kier molecular flexibility index (Phi) is 9.71. The van der Waals surface area contributed by atoms with Gasteiger partial charge in [0.1, 0.15) is 0 Å². The summed E-state index contributed by atoms with van der Waals surface area (Å²) in [7, 11) is 1.47. The van der Waals surface area contributed by atoms with Gasteiger partial charge in [-0.1, -0.05) is 18.2 Å². The zero-order valence-corrected chi connectivity index (χ0v) is 19.0. The van der Waals surface area contributed by atoms with Crippen LogP contribution in [-0.4, -0.2) is 37.5 Å². The average Bonchev–Trinajstić information content (AvgIpc) is 2.82. The fourth-order valence-electron chi connectivity index (χ4n) is 2.94. The van der Waals surface area contributed by atoms with E-state index in [-0.39, 0.29) is 43.4 Å². The largest absolute Gasteiger partial charge is 0.493 e. The first-order valence-electron chi connectivity index (χ1n) is 10.5. The number of ether oxygens (including phenoxy) is 2. The molecule has 0 bridgehead atoms. The molecule has 0 atom stereocenters. The Morgan fingerprint density at radius 2 is 1.76 bits per heavy atom. The molecular weight excluding hydrogens is 424 g/mol. The highest BCUT2D eigenvalue weighted by molar-refractivity contribution is 5.97. The van der Waals surface area contributed by atoms with Crippen LogP contribution in [0.5, 0.6) is 11.5 Å². The summed E-state index contributed by atoms with van der Waals surface area (Å²) in [6.07, 6.45) is -0.0810. The van der Waals surface area contributed by atoms with Gasteiger partial charge in [0.2, 0.25) is 11.8 Å². The van der Waals surface area contributed by atoms with E-state index in [9.17, 15) is 14.4 Å². The topological polar surface area (TPSA) is 121 Å². The first-order chi connectivity index (χ1) is 15.8. The Balaban J connectivity index is 1.89. The molecule has 0 fully saturated rings. The minimum Gasteiger partial charge on any atom is -0.493 e. The SMILES string of the molecule is COc1cc(C(=O)NNC(=O)CCC(=O)N(CCC#N)c2ccccc2)ccc1OC(C)C. The molecule has 0 saturated heterocycles. The van der Waals surface area contributed by atoms with Crippen molar-refractivity contribution in [1.82, 2.24) is 10.9 Å². The van der Waals surface area contributed by atoms with E-state index in [0.717, 1.165) is 0 Å². The van der Waals surface area contributed by atoms with Crippen molar-refractivity contribution in [1.29, 1.82) is 5.26 Å². The first-order valence-corrected chi connectivity index (χ1v) is 10.5. The van der Waals surface area contributed by atoms with Crippen LogP contribution in [0.3, 0.4) is 0 Å². The van der Waals surface area contributed by atoms with Crippen LogP contribution in [0.1, 0.15) is 43.5 Å². The Morgan fingerprint density at radius 1 is 1.03 bits per heavy atom. The standard InChI is InChI=1S/C24H28N4O5/c1-17(2)33-20-11-10-18(16-21(20)32-3)24(31)27-26-22(29)12-13-23(30)28(15-7-14-25)19-8-5-4-6-9-19/h4-6,8-11,16-17H,7,12-13,15H2,1-3H3,(H,26,29)(H,27,31). The van der Waals surface area contributed by atoms with Gasteiger partial charge in [-0.15, -0.1) is 0 Å². The van der Waals surface area contributed by atoms with Crippen molar-refractivity contribution in [3.63, 3.8) is 0 Å². The highest BCUT2D eigenvalue weighted by Crippen LogP contribution is 2.28. The number of carbonyl (C=O) groups excluding carboxylic acids is 3. The number of carbonyl (C=O) groups is 3. The number of nitriles is 1. The molecule has 9 nitrogen and oxygen atoms in total. The Labute approximate surface area is 193 Å². The van der Waals surface area contributed by atoms with E-state index in [1.807, 2.05) is 26.0 Å². The zero-order valence-electron chi connectivity index (χ0n) is 19.0. The summed E-state index contributed by atoms with van der Waals surface area (Å²) in [6, 6.07) is 15.6. The second-order valence-electron chi connectivity index (χ2n) is 7.32. The molecule has 0 aliphatic heterocycles. The smallest absolute Gasteiger partial charge is 0.269 e. The molecular formula is C24H28N4O5. The van der Waals surface area contributed by atoms with Gasteiger partial charge >= 0.3 is 0 Å². The third-order valence-electron chi connectivity index (χ3n) is 4.49. The molecule has 2 rings (SSSR count). The number of nitrogens with zero attached hydrogens (tertiary/aromatic N) is 2. The van der Waals surface area contributed by atoms with Gasteiger partial charge in [-0.3, -0.25) is 25.2 Å². The first kappa shape index (κ1) is 25.2. The van der Waals surface area contributed by atoms with E-state index in [1.165, 1.54) is 18.1 Å². The Bertz CT molecular complexity index is 1000. The van der Waals surface area contributed by atoms with Gasteiger partial charge in [0.25, 0.3) is 5.91 Å². The maximum absolute atomic E-state index is 12.6. The third kappa shape index (κ3) is 7.85. The monoisotopic (exact) mass is 452 g/mol. The van der Waals surface area contributed by atoms with Crippen molar-refractivity contribution in [2.75, 3.05) is 18.6 Å². The van der Waals surface area contributed by atoms with Gasteiger partial charge in [0.05, 0.1) is 25.7 Å². The van der Waals surface area contributed by atoms with Crippen LogP contribution in [-0.2, 0) is 9.59 Å². The fourth-order valence-corrected chi connectivity index (χ4v) is 2.94. The summed E-state index contributed by atoms with van der Waals surface area (Å²) in [5.41, 5.74) is 5.56. The number of hydrogen-bond donors (Lipinski definition) is 2. The predicted octanol–water partition coefficient (Wildman–Crippen LogP) is 2.97. The van der Waals surface area contributed by atoms with E-state index in [0.29, 0.717) is 17.2 Å². The van der Waals surface area contributed by atoms with Crippen molar-refractivity contribution < 1.29 is 23.9 Å². The molecule has 0 heterocycles. The second-order valence-corrected chi connectivity index (χ2v) is 7.32. The summed E-state index contributed by atoms with van der Waals surface area (Å²) in [6.45, 7) is 3.99. The molecule has 0 radical (unpaired) electrons. The van der Waals surface area contributed by atoms with Gasteiger partial charge in [-0.25, -0.2) is 0 Å². The lowest BCUT2D eigenvalue weighted by atomic mass is 10.2. The number of hydrogen-bond acceptors (Lipinski definition) is 6. The lowest BCUT2D eigenvalue weighted by molar-refractivity contribution is -0.125. The van der Waals surface area contributed by atoms with Crippen molar-refractivity contribution in [2.24, 2.45) is 0 Å². The number of para-hydroxylation sites is 1. The van der Waals surface area contributed by atoms with Gasteiger partial charge in [-0.2, -0.15) is 5.26 Å². The van der Waals surface area contributed by atoms with E-state index >= 15 is 0 Å². The maximum atomic E-state index is 12.6. The quantitative estimate of drug-likeness (QED) is 0.535. The summed E-state index contributed by atoms with van der Waals surface area (Å²) in [4.78, 5) is 38.6. The molecule has 0 saturated carbocycles. The average molecular weight is 453 g/mol. The van der Waals surface area contributed by atoms with E-state index in [4.69, 9.17) is 14.7 Å². The van der Waals surface area contributed by atoms with E-state index < -0.39 is 11.8 Å². The molecule has 0 aromatic heterocycles. The molecule has 2 aromatic carbocycles. The Morgan fingerprint density at radius 3 is 2.39 bits per heavy atom. The minimum atomic E-state index is -0.538. The van der Waals surface area contributed by atoms with Crippen molar-refractivity contribution in [2.45, 2.75) is 39.2 Å². The van der Waals surface area contributed by atoms with Crippen LogP contribution >= 0.6 is 0 Å². The fraction of sp³-hybridized carbons (Fsp3) is 0.333. The lowest BCUT2D eigenvalue weighted by Gasteiger charge is -2.21. The minimum absolute atomic E-state index is 0.0571. The van der Waals surface area contributed by atoms with Crippen LogP contribution in [0.25, 0.3) is 0 Å². The number of nitrogens with one attached hydrogen (secondary N) is 2. The molecule has 0 unspecified atom stereocenters. The molecule has 0 aliphatic carbocycles. The molecule has 174 valence electrons. The van der Waals surface area contributed by atoms with Gasteiger partial charge in [-0.05, 0) is 44.2 Å². The number of hydrazine groups is 1. The molecule has 2 N–H and O–H groups in total. The Hall–Kier alpha value is -4.06. The van der Waals surface area contributed by atoms with E-state index in [1.54, 1.807) is 36.4 Å². The van der Waals surface area contributed by atoms with Gasteiger partial charge in [0.15, 0.2) is 11.5 Å². The molecule has 3 amide bonds. The molecule has 9 heteroatoms. The molecule has 2 aromatic rings. The number of benzene rings is 2. The molecule has 33 heavy (non-hydrogen) atoms. The normalized spacial score (nSPS) is 10.2. The number of amides is 3. The third-order valence-corrected chi connectivity index (χ3v) is 4.49. The number of anilines is 1. The molecule has 0 aliphatic rings. The van der Waals surface area contributed by atoms with Gasteiger partial charge in [0, 0.05) is 30.6 Å². The summed E-state index contributed by atoms with van der Waals surface area (Å²) in [5.74, 6) is -0.443. The van der Waals surface area contributed by atoms with Gasteiger partial charge < -0.3 is 14.4 Å². The van der Waals surface area contributed by atoms with Crippen LogP contribution in [0.2, 0.25) is 0 Å². The predicted molar refractivity (Wildman–Crippen MR) is 123 cm³/mol. The zero-order chi connectivity index (χ0) is 24.2. The van der Waals surface area contributed by atoms with Crippen molar-refractivity contribution in [3.8, 4) is 17.6 Å². The van der Waals surface area contributed by atoms with Crippen LogP contribution in [0, 0.1) is 11.3 Å². The summed E-state index contributed by atoms with van der Waals surface area (Å²) >= 11 is 0. The maximum Gasteiger partial charge on any atom is 0.269 e. The number of rotatable bonds is 10. The number of methoxy groups -OCH3 is 1. The molecule has 0 spiro atoms. The van der Waals surface area contributed by atoms with Crippen LogP contribution < -0.4 is 25.2 Å². The summed E-state index contributed by atoms with van der Waals surface area (Å²) < 4.78 is 10.9.